The topological polar surface area (TPSA) is 75.5 Å². The summed E-state index contributed by atoms with van der Waals surface area (Å²) in [5, 5.41) is 4.76. The molecule has 0 saturated carbocycles. The standard InChI is InChI=1S/C24H24N4O3S3/c1-16(2)28-23(29)21(33-24(28)32)14-18-15-27(19-10-6-5-7-11-19)25-22(18)17-9-8-12-20(13-17)34(30,31)26(3)4/h5-16H,1-4H3/b21-14+. The van der Waals surface area contributed by atoms with Crippen LogP contribution in [0.3, 0.4) is 0 Å². The number of hydrogen-bond donors (Lipinski definition) is 0. The lowest BCUT2D eigenvalue weighted by Gasteiger charge is -2.18. The van der Waals surface area contributed by atoms with Crippen LogP contribution in [0, 0.1) is 0 Å². The SMILES string of the molecule is CC(C)N1C(=O)/C(=C\c2cn(-c3ccccc3)nc2-c2cccc(S(=O)(=O)N(C)C)c2)SC1=S. The Morgan fingerprint density at radius 1 is 1.09 bits per heavy atom. The molecule has 1 aliphatic rings. The molecule has 2 aromatic carbocycles. The summed E-state index contributed by atoms with van der Waals surface area (Å²) in [6.45, 7) is 3.84. The monoisotopic (exact) mass is 512 g/mol. The van der Waals surface area contributed by atoms with Crippen LogP contribution in [0.4, 0.5) is 0 Å². The second-order valence-electron chi connectivity index (χ2n) is 8.17. The molecule has 0 N–H and O–H groups in total. The van der Waals surface area contributed by atoms with Gasteiger partial charge < -0.3 is 0 Å². The highest BCUT2D eigenvalue weighted by Gasteiger charge is 2.34. The number of thioether (sulfide) groups is 1. The van der Waals surface area contributed by atoms with Crippen LogP contribution in [0.25, 0.3) is 23.0 Å². The maximum atomic E-state index is 13.0. The lowest BCUT2D eigenvalue weighted by Crippen LogP contribution is -2.34. The minimum Gasteiger partial charge on any atom is -0.290 e. The normalized spacial score (nSPS) is 15.8. The maximum absolute atomic E-state index is 13.0. The van der Waals surface area contributed by atoms with E-state index in [0.717, 1.165) is 5.69 Å². The smallest absolute Gasteiger partial charge is 0.266 e. The summed E-state index contributed by atoms with van der Waals surface area (Å²) in [6, 6.07) is 16.2. The van der Waals surface area contributed by atoms with Crippen molar-refractivity contribution in [3.05, 3.63) is 71.3 Å². The van der Waals surface area contributed by atoms with Crippen molar-refractivity contribution >= 4 is 50.3 Å². The molecular formula is C24H24N4O3S3. The lowest BCUT2D eigenvalue weighted by atomic mass is 10.1. The Morgan fingerprint density at radius 3 is 2.41 bits per heavy atom. The van der Waals surface area contributed by atoms with E-state index in [0.29, 0.717) is 26.0 Å². The van der Waals surface area contributed by atoms with Gasteiger partial charge >= 0.3 is 0 Å². The van der Waals surface area contributed by atoms with Crippen molar-refractivity contribution in [3.63, 3.8) is 0 Å². The Morgan fingerprint density at radius 2 is 1.79 bits per heavy atom. The van der Waals surface area contributed by atoms with E-state index in [9.17, 15) is 13.2 Å². The van der Waals surface area contributed by atoms with Gasteiger partial charge in [0.2, 0.25) is 10.0 Å². The number of sulfonamides is 1. The first-order valence-corrected chi connectivity index (χ1v) is 13.2. The van der Waals surface area contributed by atoms with Crippen LogP contribution in [0.5, 0.6) is 0 Å². The van der Waals surface area contributed by atoms with Crippen LogP contribution >= 0.6 is 24.0 Å². The van der Waals surface area contributed by atoms with E-state index in [1.165, 1.54) is 30.2 Å². The van der Waals surface area contributed by atoms with Gasteiger partial charge in [-0.25, -0.2) is 17.4 Å². The number of aromatic nitrogens is 2. The van der Waals surface area contributed by atoms with Crippen LogP contribution in [0.15, 0.2) is 70.6 Å². The highest BCUT2D eigenvalue weighted by atomic mass is 32.2. The van der Waals surface area contributed by atoms with Gasteiger partial charge in [-0.05, 0) is 44.2 Å². The molecule has 0 atom stereocenters. The molecule has 2 heterocycles. The van der Waals surface area contributed by atoms with Gasteiger partial charge in [-0.2, -0.15) is 5.10 Å². The number of rotatable bonds is 6. The third-order valence-corrected chi connectivity index (χ3v) is 8.42. The minimum atomic E-state index is -3.62. The number of benzene rings is 2. The van der Waals surface area contributed by atoms with Crippen molar-refractivity contribution in [3.8, 4) is 16.9 Å². The fraction of sp³-hybridized carbons (Fsp3) is 0.208. The number of nitrogens with zero attached hydrogens (tertiary/aromatic N) is 4. The quantitative estimate of drug-likeness (QED) is 0.360. The number of carbonyl (C=O) groups is 1. The van der Waals surface area contributed by atoms with Crippen molar-refractivity contribution in [1.29, 1.82) is 0 Å². The van der Waals surface area contributed by atoms with Crippen molar-refractivity contribution < 1.29 is 13.2 Å². The molecular weight excluding hydrogens is 488 g/mol. The summed E-state index contributed by atoms with van der Waals surface area (Å²) in [5.74, 6) is -0.146. The predicted molar refractivity (Wildman–Crippen MR) is 140 cm³/mol. The maximum Gasteiger partial charge on any atom is 0.266 e. The number of hydrogen-bond acceptors (Lipinski definition) is 6. The Bertz CT molecular complexity index is 1390. The fourth-order valence-corrected chi connectivity index (χ4v) is 5.97. The van der Waals surface area contributed by atoms with Gasteiger partial charge in [-0.15, -0.1) is 0 Å². The third-order valence-electron chi connectivity index (χ3n) is 5.28. The summed E-state index contributed by atoms with van der Waals surface area (Å²) < 4.78 is 28.8. The highest BCUT2D eigenvalue weighted by Crippen LogP contribution is 2.36. The average Bonchev–Trinajstić information content (AvgIpc) is 3.35. The van der Waals surface area contributed by atoms with E-state index in [-0.39, 0.29) is 16.8 Å². The molecule has 0 unspecified atom stereocenters. The first-order valence-electron chi connectivity index (χ1n) is 10.5. The van der Waals surface area contributed by atoms with E-state index in [2.05, 4.69) is 0 Å². The van der Waals surface area contributed by atoms with E-state index in [1.807, 2.05) is 56.4 Å². The molecule has 10 heteroatoms. The lowest BCUT2D eigenvalue weighted by molar-refractivity contribution is -0.123. The summed E-state index contributed by atoms with van der Waals surface area (Å²) >= 11 is 6.67. The Labute approximate surface area is 209 Å². The number of carbonyl (C=O) groups excluding carboxylic acids is 1. The van der Waals surface area contributed by atoms with Crippen LogP contribution in [0.1, 0.15) is 19.4 Å². The van der Waals surface area contributed by atoms with Gasteiger partial charge in [0, 0.05) is 37.5 Å². The van der Waals surface area contributed by atoms with Crippen molar-refractivity contribution in [2.75, 3.05) is 14.1 Å². The van der Waals surface area contributed by atoms with Crippen LogP contribution in [-0.4, -0.2) is 57.8 Å². The minimum absolute atomic E-state index is 0.0437. The van der Waals surface area contributed by atoms with E-state index in [4.69, 9.17) is 17.3 Å². The summed E-state index contributed by atoms with van der Waals surface area (Å²) in [5.41, 5.74) is 2.72. The molecule has 0 bridgehead atoms. The zero-order chi connectivity index (χ0) is 24.6. The highest BCUT2D eigenvalue weighted by molar-refractivity contribution is 8.26. The van der Waals surface area contributed by atoms with E-state index >= 15 is 0 Å². The first-order chi connectivity index (χ1) is 16.1. The molecule has 1 fully saturated rings. The Hall–Kier alpha value is -2.79. The third kappa shape index (κ3) is 4.58. The zero-order valence-electron chi connectivity index (χ0n) is 19.2. The number of thiocarbonyl (C=S) groups is 1. The van der Waals surface area contributed by atoms with Crippen molar-refractivity contribution in [1.82, 2.24) is 19.0 Å². The molecule has 1 saturated heterocycles. The molecule has 1 aliphatic heterocycles. The largest absolute Gasteiger partial charge is 0.290 e. The molecule has 1 amide bonds. The Kier molecular flexibility index (Phi) is 6.77. The second-order valence-corrected chi connectivity index (χ2v) is 12.0. The number of amides is 1. The van der Waals surface area contributed by atoms with Gasteiger partial charge in [0.25, 0.3) is 5.91 Å². The summed E-state index contributed by atoms with van der Waals surface area (Å²) in [7, 11) is -0.631. The number of para-hydroxylation sites is 1. The summed E-state index contributed by atoms with van der Waals surface area (Å²) in [4.78, 5) is 15.3. The van der Waals surface area contributed by atoms with E-state index < -0.39 is 10.0 Å². The fourth-order valence-electron chi connectivity index (χ4n) is 3.51. The van der Waals surface area contributed by atoms with Gasteiger partial charge in [-0.1, -0.05) is 54.3 Å². The molecule has 0 radical (unpaired) electrons. The van der Waals surface area contributed by atoms with Crippen LogP contribution < -0.4 is 0 Å². The molecule has 34 heavy (non-hydrogen) atoms. The summed E-state index contributed by atoms with van der Waals surface area (Å²) in [6.07, 6.45) is 3.61. The second kappa shape index (κ2) is 9.46. The van der Waals surface area contributed by atoms with Crippen LogP contribution in [-0.2, 0) is 14.8 Å². The molecule has 3 aromatic rings. The average molecular weight is 513 g/mol. The molecule has 0 spiro atoms. The van der Waals surface area contributed by atoms with Crippen LogP contribution in [0.2, 0.25) is 0 Å². The molecule has 4 rings (SSSR count). The van der Waals surface area contributed by atoms with Gasteiger partial charge in [-0.3, -0.25) is 9.69 Å². The Balaban J connectivity index is 1.86. The first kappa shape index (κ1) is 24.3. The molecule has 0 aliphatic carbocycles. The van der Waals surface area contributed by atoms with Gasteiger partial charge in [0.15, 0.2) is 0 Å². The molecule has 7 nitrogen and oxygen atoms in total. The zero-order valence-corrected chi connectivity index (χ0v) is 21.6. The van der Waals surface area contributed by atoms with Gasteiger partial charge in [0.05, 0.1) is 15.5 Å². The predicted octanol–water partition coefficient (Wildman–Crippen LogP) is 4.40. The van der Waals surface area contributed by atoms with Crippen molar-refractivity contribution in [2.24, 2.45) is 0 Å². The molecule has 176 valence electrons. The van der Waals surface area contributed by atoms with Gasteiger partial charge in [0.1, 0.15) is 10.0 Å². The molecule has 1 aromatic heterocycles. The van der Waals surface area contributed by atoms with Crippen molar-refractivity contribution in [2.45, 2.75) is 24.8 Å². The van der Waals surface area contributed by atoms with E-state index in [1.54, 1.807) is 33.9 Å².